The minimum atomic E-state index is -0.205. The van der Waals surface area contributed by atoms with Gasteiger partial charge in [0, 0.05) is 9.86 Å². The van der Waals surface area contributed by atoms with E-state index in [4.69, 9.17) is 0 Å². The third-order valence-corrected chi connectivity index (χ3v) is 5.08. The van der Waals surface area contributed by atoms with E-state index in [1.807, 2.05) is 68.4 Å². The largest absolute Gasteiger partial charge is 0.321 e. The lowest BCUT2D eigenvalue weighted by molar-refractivity contribution is 0.102. The first-order chi connectivity index (χ1) is 13.0. The van der Waals surface area contributed by atoms with E-state index in [9.17, 15) is 4.79 Å². The summed E-state index contributed by atoms with van der Waals surface area (Å²) in [4.78, 5) is 17.4. The summed E-state index contributed by atoms with van der Waals surface area (Å²) >= 11 is 3.49. The van der Waals surface area contributed by atoms with E-state index in [1.165, 1.54) is 0 Å². The zero-order valence-electron chi connectivity index (χ0n) is 14.9. The third kappa shape index (κ3) is 3.36. The Hall–Kier alpha value is -2.99. The summed E-state index contributed by atoms with van der Waals surface area (Å²) in [6.07, 6.45) is 1.57. The molecule has 2 heterocycles. The van der Waals surface area contributed by atoms with E-state index >= 15 is 0 Å². The number of hydrogen-bond acceptors (Lipinski definition) is 3. The molecule has 0 aliphatic carbocycles. The van der Waals surface area contributed by atoms with Gasteiger partial charge in [-0.3, -0.25) is 4.79 Å². The van der Waals surface area contributed by atoms with Gasteiger partial charge in [-0.25, -0.2) is 9.67 Å². The molecule has 6 heteroatoms. The van der Waals surface area contributed by atoms with Crippen molar-refractivity contribution in [2.75, 3.05) is 5.32 Å². The Kier molecular flexibility index (Phi) is 4.49. The number of aromatic nitrogens is 3. The normalized spacial score (nSPS) is 10.9. The molecular formula is C21H17BrN4O. The predicted molar refractivity (Wildman–Crippen MR) is 110 cm³/mol. The first kappa shape index (κ1) is 17.4. The molecule has 0 aliphatic heterocycles. The maximum absolute atomic E-state index is 12.7. The number of hydrogen-bond donors (Lipinski definition) is 1. The summed E-state index contributed by atoms with van der Waals surface area (Å²) < 4.78 is 2.53. The average Bonchev–Trinajstić information content (AvgIpc) is 3.05. The fourth-order valence-electron chi connectivity index (χ4n) is 2.95. The van der Waals surface area contributed by atoms with Gasteiger partial charge in [-0.15, -0.1) is 0 Å². The molecular weight excluding hydrogens is 404 g/mol. The fraction of sp³-hybridized carbons (Fsp3) is 0.0952. The number of rotatable bonds is 3. The number of anilines is 1. The number of fused-ring (bicyclic) bond motifs is 1. The van der Waals surface area contributed by atoms with Gasteiger partial charge >= 0.3 is 0 Å². The molecule has 0 saturated heterocycles. The number of pyridine rings is 1. The highest BCUT2D eigenvalue weighted by Gasteiger charge is 2.17. The second-order valence-corrected chi connectivity index (χ2v) is 7.21. The molecule has 0 radical (unpaired) electrons. The molecule has 0 fully saturated rings. The molecule has 1 N–H and O–H groups in total. The zero-order chi connectivity index (χ0) is 19.0. The van der Waals surface area contributed by atoms with Crippen LogP contribution in [0, 0.1) is 13.8 Å². The number of benzene rings is 2. The summed E-state index contributed by atoms with van der Waals surface area (Å²) in [6.45, 7) is 3.87. The van der Waals surface area contributed by atoms with E-state index in [0.717, 1.165) is 32.3 Å². The highest BCUT2D eigenvalue weighted by Crippen LogP contribution is 2.24. The standard InChI is InChI=1S/C21H17BrN4O/c1-13-7-9-19(17(22)11-13)25-21(27)16-12-23-26(14(16)2)20-10-8-15-5-3-4-6-18(15)24-20/h3-12H,1-2H3,(H,25,27). The Morgan fingerprint density at radius 2 is 1.89 bits per heavy atom. The minimum absolute atomic E-state index is 0.205. The van der Waals surface area contributed by atoms with Crippen LogP contribution in [0.3, 0.4) is 0 Å². The highest BCUT2D eigenvalue weighted by molar-refractivity contribution is 9.10. The minimum Gasteiger partial charge on any atom is -0.321 e. The molecule has 134 valence electrons. The quantitative estimate of drug-likeness (QED) is 0.504. The summed E-state index contributed by atoms with van der Waals surface area (Å²) in [5.41, 5.74) is 3.98. The summed E-state index contributed by atoms with van der Waals surface area (Å²) in [6, 6.07) is 17.6. The van der Waals surface area contributed by atoms with Crippen molar-refractivity contribution in [1.29, 1.82) is 0 Å². The van der Waals surface area contributed by atoms with Crippen LogP contribution in [0.4, 0.5) is 5.69 Å². The van der Waals surface area contributed by atoms with Crippen LogP contribution in [0.25, 0.3) is 16.7 Å². The lowest BCUT2D eigenvalue weighted by Crippen LogP contribution is -2.13. The lowest BCUT2D eigenvalue weighted by Gasteiger charge is -2.09. The van der Waals surface area contributed by atoms with Crippen molar-refractivity contribution in [2.24, 2.45) is 0 Å². The maximum Gasteiger partial charge on any atom is 0.259 e. The zero-order valence-corrected chi connectivity index (χ0v) is 16.5. The van der Waals surface area contributed by atoms with Crippen LogP contribution in [0.1, 0.15) is 21.6 Å². The van der Waals surface area contributed by atoms with E-state index in [-0.39, 0.29) is 5.91 Å². The van der Waals surface area contributed by atoms with Crippen LogP contribution in [-0.4, -0.2) is 20.7 Å². The van der Waals surface area contributed by atoms with Gasteiger partial charge in [0.2, 0.25) is 0 Å². The van der Waals surface area contributed by atoms with Gasteiger partial charge in [0.25, 0.3) is 5.91 Å². The van der Waals surface area contributed by atoms with Crippen molar-refractivity contribution in [3.05, 3.63) is 82.1 Å². The van der Waals surface area contributed by atoms with E-state index in [1.54, 1.807) is 10.9 Å². The molecule has 27 heavy (non-hydrogen) atoms. The van der Waals surface area contributed by atoms with E-state index < -0.39 is 0 Å². The van der Waals surface area contributed by atoms with Crippen molar-refractivity contribution in [3.8, 4) is 5.82 Å². The second-order valence-electron chi connectivity index (χ2n) is 6.36. The SMILES string of the molecule is Cc1ccc(NC(=O)c2cnn(-c3ccc4ccccc4n3)c2C)c(Br)c1. The lowest BCUT2D eigenvalue weighted by atomic mass is 10.2. The molecule has 5 nitrogen and oxygen atoms in total. The Morgan fingerprint density at radius 3 is 2.70 bits per heavy atom. The van der Waals surface area contributed by atoms with Crippen molar-refractivity contribution in [3.63, 3.8) is 0 Å². The van der Waals surface area contributed by atoms with Gasteiger partial charge in [-0.2, -0.15) is 5.10 Å². The predicted octanol–water partition coefficient (Wildman–Crippen LogP) is 5.05. The highest BCUT2D eigenvalue weighted by atomic mass is 79.9. The van der Waals surface area contributed by atoms with Gasteiger partial charge in [0.05, 0.1) is 28.7 Å². The molecule has 0 spiro atoms. The molecule has 0 saturated carbocycles. The van der Waals surface area contributed by atoms with Gasteiger partial charge < -0.3 is 5.32 Å². The molecule has 0 bridgehead atoms. The third-order valence-electron chi connectivity index (χ3n) is 4.43. The van der Waals surface area contributed by atoms with Crippen molar-refractivity contribution in [1.82, 2.24) is 14.8 Å². The molecule has 1 amide bonds. The van der Waals surface area contributed by atoms with Crippen molar-refractivity contribution < 1.29 is 4.79 Å². The van der Waals surface area contributed by atoms with Crippen molar-refractivity contribution in [2.45, 2.75) is 13.8 Å². The fourth-order valence-corrected chi connectivity index (χ4v) is 3.54. The number of amides is 1. The van der Waals surface area contributed by atoms with Gasteiger partial charge in [0.15, 0.2) is 5.82 Å². The number of halogens is 1. The monoisotopic (exact) mass is 420 g/mol. The Labute approximate surface area is 165 Å². The number of nitrogens with zero attached hydrogens (tertiary/aromatic N) is 3. The Bertz CT molecular complexity index is 1170. The molecule has 2 aromatic carbocycles. The van der Waals surface area contributed by atoms with Crippen LogP contribution in [0.15, 0.2) is 65.3 Å². The Balaban J connectivity index is 1.65. The van der Waals surface area contributed by atoms with E-state index in [0.29, 0.717) is 11.4 Å². The Morgan fingerprint density at radius 1 is 1.07 bits per heavy atom. The number of carbonyl (C=O) groups excluding carboxylic acids is 1. The van der Waals surface area contributed by atoms with Crippen molar-refractivity contribution >= 4 is 38.4 Å². The molecule has 4 aromatic rings. The summed E-state index contributed by atoms with van der Waals surface area (Å²) in [5, 5.41) is 8.37. The van der Waals surface area contributed by atoms with Crippen LogP contribution < -0.4 is 5.32 Å². The van der Waals surface area contributed by atoms with Gasteiger partial charge in [-0.1, -0.05) is 24.3 Å². The van der Waals surface area contributed by atoms with Crippen LogP contribution in [0.2, 0.25) is 0 Å². The van der Waals surface area contributed by atoms with Gasteiger partial charge in [-0.05, 0) is 65.7 Å². The molecule has 4 rings (SSSR count). The topological polar surface area (TPSA) is 59.8 Å². The van der Waals surface area contributed by atoms with Crippen LogP contribution in [0.5, 0.6) is 0 Å². The van der Waals surface area contributed by atoms with Crippen LogP contribution >= 0.6 is 15.9 Å². The first-order valence-corrected chi connectivity index (χ1v) is 9.30. The second kappa shape index (κ2) is 6.96. The summed E-state index contributed by atoms with van der Waals surface area (Å²) in [5.74, 6) is 0.478. The molecule has 0 atom stereocenters. The molecule has 2 aromatic heterocycles. The smallest absolute Gasteiger partial charge is 0.259 e. The number of nitrogens with one attached hydrogen (secondary N) is 1. The number of carbonyl (C=O) groups is 1. The van der Waals surface area contributed by atoms with Crippen LogP contribution in [-0.2, 0) is 0 Å². The number of aryl methyl sites for hydroxylation is 1. The summed E-state index contributed by atoms with van der Waals surface area (Å²) in [7, 11) is 0. The first-order valence-electron chi connectivity index (χ1n) is 8.51. The number of para-hydroxylation sites is 1. The average molecular weight is 421 g/mol. The molecule has 0 aliphatic rings. The maximum atomic E-state index is 12.7. The molecule has 0 unspecified atom stereocenters. The van der Waals surface area contributed by atoms with E-state index in [2.05, 4.69) is 31.3 Å². The van der Waals surface area contributed by atoms with Gasteiger partial charge in [0.1, 0.15) is 0 Å².